The molecule has 2 unspecified atom stereocenters. The number of furan rings is 1. The van der Waals surface area contributed by atoms with Gasteiger partial charge in [-0.25, -0.2) is 4.98 Å². The van der Waals surface area contributed by atoms with Crippen molar-refractivity contribution in [2.75, 3.05) is 13.1 Å². The quantitative estimate of drug-likeness (QED) is 0.673. The lowest BCUT2D eigenvalue weighted by atomic mass is 9.80. The largest absolute Gasteiger partial charge is 0.465 e. The van der Waals surface area contributed by atoms with Crippen LogP contribution in [-0.4, -0.2) is 34.8 Å². The summed E-state index contributed by atoms with van der Waals surface area (Å²) in [7, 11) is 0. The van der Waals surface area contributed by atoms with E-state index in [2.05, 4.69) is 6.92 Å². The molecule has 0 spiro atoms. The number of fused-ring (bicyclic) bond motifs is 2. The third-order valence-electron chi connectivity index (χ3n) is 6.60. The standard InChI is InChI=1S/C26H27N3O3/c1-16-12-18(14-19-7-5-11-32-19)24-21(13-16)23(20-8-2-3-9-22(20)28-24)26(31)29-10-4-6-17(15-29)25(27)30/h2-3,5,7-9,11,14,16-17H,4,6,10,12-13,15H2,1H3,(H2,27,30)/b18-14-. The number of amides is 2. The van der Waals surface area contributed by atoms with E-state index in [-0.39, 0.29) is 17.7 Å². The minimum absolute atomic E-state index is 0.0303. The Morgan fingerprint density at radius 2 is 2.03 bits per heavy atom. The van der Waals surface area contributed by atoms with E-state index in [1.165, 1.54) is 0 Å². The number of carbonyl (C=O) groups is 2. The number of nitrogens with two attached hydrogens (primary N) is 1. The molecule has 0 radical (unpaired) electrons. The second kappa shape index (κ2) is 8.26. The van der Waals surface area contributed by atoms with Crippen molar-refractivity contribution in [3.63, 3.8) is 0 Å². The highest BCUT2D eigenvalue weighted by Crippen LogP contribution is 2.39. The maximum Gasteiger partial charge on any atom is 0.254 e. The van der Waals surface area contributed by atoms with E-state index in [1.54, 1.807) is 11.2 Å². The maximum absolute atomic E-state index is 13.9. The number of allylic oxidation sites excluding steroid dienone is 1. The summed E-state index contributed by atoms with van der Waals surface area (Å²) in [5, 5.41) is 0.865. The van der Waals surface area contributed by atoms with E-state index in [4.69, 9.17) is 15.1 Å². The molecule has 2 N–H and O–H groups in total. The molecule has 5 rings (SSSR count). The minimum atomic E-state index is -0.332. The maximum atomic E-state index is 13.9. The van der Waals surface area contributed by atoms with Crippen LogP contribution in [0.2, 0.25) is 0 Å². The molecule has 1 fully saturated rings. The van der Waals surface area contributed by atoms with E-state index in [1.807, 2.05) is 42.5 Å². The fraction of sp³-hybridized carbons (Fsp3) is 0.346. The van der Waals surface area contributed by atoms with Crippen LogP contribution in [0.1, 0.15) is 53.6 Å². The molecule has 0 saturated carbocycles. The second-order valence-corrected chi connectivity index (χ2v) is 9.02. The third-order valence-corrected chi connectivity index (χ3v) is 6.60. The minimum Gasteiger partial charge on any atom is -0.465 e. The molecule has 1 aliphatic carbocycles. The summed E-state index contributed by atoms with van der Waals surface area (Å²) in [6, 6.07) is 11.6. The lowest BCUT2D eigenvalue weighted by molar-refractivity contribution is -0.123. The summed E-state index contributed by atoms with van der Waals surface area (Å²) in [4.78, 5) is 32.5. The predicted molar refractivity (Wildman–Crippen MR) is 124 cm³/mol. The van der Waals surface area contributed by atoms with Gasteiger partial charge in [0.05, 0.1) is 29.0 Å². The van der Waals surface area contributed by atoms with Crippen LogP contribution >= 0.6 is 0 Å². The van der Waals surface area contributed by atoms with Gasteiger partial charge in [0.15, 0.2) is 0 Å². The van der Waals surface area contributed by atoms with E-state index >= 15 is 0 Å². The summed E-state index contributed by atoms with van der Waals surface area (Å²) >= 11 is 0. The van der Waals surface area contributed by atoms with Crippen molar-refractivity contribution >= 4 is 34.4 Å². The van der Waals surface area contributed by atoms with Crippen molar-refractivity contribution in [2.24, 2.45) is 17.6 Å². The number of para-hydroxylation sites is 1. The lowest BCUT2D eigenvalue weighted by Gasteiger charge is -2.33. The predicted octanol–water partition coefficient (Wildman–Crippen LogP) is 4.29. The zero-order valence-corrected chi connectivity index (χ0v) is 18.2. The molecule has 164 valence electrons. The molecule has 2 atom stereocenters. The SMILES string of the molecule is CC1C/C(=C/c2ccco2)c2nc3ccccc3c(C(=O)N3CCCC(C(N)=O)C3)c2C1. The first kappa shape index (κ1) is 20.5. The average molecular weight is 430 g/mol. The second-order valence-electron chi connectivity index (χ2n) is 9.02. The van der Waals surface area contributed by atoms with Crippen LogP contribution in [0, 0.1) is 11.8 Å². The molecule has 1 saturated heterocycles. The van der Waals surface area contributed by atoms with Crippen LogP contribution in [0.4, 0.5) is 0 Å². The number of benzene rings is 1. The van der Waals surface area contributed by atoms with E-state index in [0.29, 0.717) is 24.6 Å². The van der Waals surface area contributed by atoms with Crippen molar-refractivity contribution in [2.45, 2.75) is 32.6 Å². The van der Waals surface area contributed by atoms with Crippen LogP contribution in [0.5, 0.6) is 0 Å². The number of piperidine rings is 1. The number of hydrogen-bond donors (Lipinski definition) is 1. The number of pyridine rings is 1. The van der Waals surface area contributed by atoms with Crippen molar-refractivity contribution < 1.29 is 14.0 Å². The van der Waals surface area contributed by atoms with Gasteiger partial charge in [0.2, 0.25) is 5.91 Å². The zero-order valence-electron chi connectivity index (χ0n) is 18.2. The zero-order chi connectivity index (χ0) is 22.2. The molecule has 0 bridgehead atoms. The highest BCUT2D eigenvalue weighted by atomic mass is 16.3. The van der Waals surface area contributed by atoms with Gasteiger partial charge in [0.25, 0.3) is 5.91 Å². The molecule has 6 nitrogen and oxygen atoms in total. The van der Waals surface area contributed by atoms with Gasteiger partial charge in [0, 0.05) is 18.5 Å². The number of nitrogens with zero attached hydrogens (tertiary/aromatic N) is 2. The van der Waals surface area contributed by atoms with Crippen molar-refractivity contribution in [3.05, 3.63) is 65.2 Å². The number of likely N-dealkylation sites (tertiary alicyclic amines) is 1. The Balaban J connectivity index is 1.66. The van der Waals surface area contributed by atoms with E-state index < -0.39 is 0 Å². The Bertz CT molecular complexity index is 1210. The van der Waals surface area contributed by atoms with E-state index in [0.717, 1.165) is 59.2 Å². The van der Waals surface area contributed by atoms with Crippen LogP contribution in [0.25, 0.3) is 22.6 Å². The summed E-state index contributed by atoms with van der Waals surface area (Å²) in [6.45, 7) is 3.22. The van der Waals surface area contributed by atoms with Gasteiger partial charge in [-0.05, 0) is 67.0 Å². The molecule has 2 aromatic heterocycles. The van der Waals surface area contributed by atoms with Gasteiger partial charge in [0.1, 0.15) is 5.76 Å². The Morgan fingerprint density at radius 1 is 1.19 bits per heavy atom. The average Bonchev–Trinajstić information content (AvgIpc) is 3.30. The van der Waals surface area contributed by atoms with Crippen LogP contribution in [-0.2, 0) is 11.2 Å². The first-order valence-corrected chi connectivity index (χ1v) is 11.3. The van der Waals surface area contributed by atoms with E-state index in [9.17, 15) is 9.59 Å². The fourth-order valence-corrected chi connectivity index (χ4v) is 5.08. The first-order chi connectivity index (χ1) is 15.5. The summed E-state index contributed by atoms with van der Waals surface area (Å²) in [5.74, 6) is 0.504. The monoisotopic (exact) mass is 429 g/mol. The highest BCUT2D eigenvalue weighted by Gasteiger charge is 2.33. The summed E-state index contributed by atoms with van der Waals surface area (Å²) in [6.07, 6.45) is 6.88. The smallest absolute Gasteiger partial charge is 0.254 e. The highest BCUT2D eigenvalue weighted by molar-refractivity contribution is 6.09. The van der Waals surface area contributed by atoms with Crippen molar-refractivity contribution in [1.82, 2.24) is 9.88 Å². The van der Waals surface area contributed by atoms with Gasteiger partial charge in [-0.15, -0.1) is 0 Å². The summed E-state index contributed by atoms with van der Waals surface area (Å²) in [5.41, 5.74) is 10.0. The molecule has 3 heterocycles. The Labute approximate surface area is 187 Å². The molecular weight excluding hydrogens is 402 g/mol. The Hall–Kier alpha value is -3.41. The van der Waals surface area contributed by atoms with Gasteiger partial charge in [-0.3, -0.25) is 9.59 Å². The first-order valence-electron chi connectivity index (χ1n) is 11.3. The molecule has 32 heavy (non-hydrogen) atoms. The Kier molecular flexibility index (Phi) is 5.29. The normalized spacial score (nSPS) is 22.2. The van der Waals surface area contributed by atoms with Crippen LogP contribution in [0.15, 0.2) is 47.1 Å². The molecule has 1 aromatic carbocycles. The lowest BCUT2D eigenvalue weighted by Crippen LogP contribution is -2.44. The fourth-order valence-electron chi connectivity index (χ4n) is 5.08. The summed E-state index contributed by atoms with van der Waals surface area (Å²) < 4.78 is 5.56. The Morgan fingerprint density at radius 3 is 2.81 bits per heavy atom. The van der Waals surface area contributed by atoms with Gasteiger partial charge in [-0.2, -0.15) is 0 Å². The number of primary amides is 1. The van der Waals surface area contributed by atoms with Crippen LogP contribution < -0.4 is 5.73 Å². The van der Waals surface area contributed by atoms with Gasteiger partial charge >= 0.3 is 0 Å². The third kappa shape index (κ3) is 3.70. The van der Waals surface area contributed by atoms with Gasteiger partial charge in [-0.1, -0.05) is 25.1 Å². The number of carbonyl (C=O) groups excluding carboxylic acids is 2. The topological polar surface area (TPSA) is 89.4 Å². The van der Waals surface area contributed by atoms with Crippen LogP contribution in [0.3, 0.4) is 0 Å². The molecule has 1 aliphatic heterocycles. The van der Waals surface area contributed by atoms with Crippen molar-refractivity contribution in [3.8, 4) is 0 Å². The number of hydrogen-bond acceptors (Lipinski definition) is 4. The molecule has 2 amide bonds. The number of rotatable bonds is 3. The molecule has 3 aromatic rings. The molecular formula is C26H27N3O3. The van der Waals surface area contributed by atoms with Gasteiger partial charge < -0.3 is 15.1 Å². The number of aromatic nitrogens is 1. The van der Waals surface area contributed by atoms with Crippen molar-refractivity contribution in [1.29, 1.82) is 0 Å². The molecule has 2 aliphatic rings. The molecule has 6 heteroatoms.